The van der Waals surface area contributed by atoms with E-state index < -0.39 is 0 Å². The second-order valence-corrected chi connectivity index (χ2v) is 4.29. The lowest BCUT2D eigenvalue weighted by molar-refractivity contribution is -0.143. The fourth-order valence-corrected chi connectivity index (χ4v) is 1.75. The van der Waals surface area contributed by atoms with Gasteiger partial charge in [-0.1, -0.05) is 17.7 Å². The van der Waals surface area contributed by atoms with E-state index in [1.807, 2.05) is 26.0 Å². The number of ether oxygens (including phenoxy) is 1. The van der Waals surface area contributed by atoms with E-state index in [9.17, 15) is 9.90 Å². The predicted octanol–water partition coefficient (Wildman–Crippen LogP) is 2.30. The molecular weight excluding hydrogens is 230 g/mol. The van der Waals surface area contributed by atoms with E-state index in [-0.39, 0.29) is 17.8 Å². The SMILES string of the molecule is CCOC(=O)CCNC(C)c1cc(C)ccc1O. The highest BCUT2D eigenvalue weighted by Crippen LogP contribution is 2.24. The molecule has 0 amide bonds. The number of carbonyl (C=O) groups excluding carboxylic acids is 1. The summed E-state index contributed by atoms with van der Waals surface area (Å²) in [6, 6.07) is 5.50. The van der Waals surface area contributed by atoms with Gasteiger partial charge in [-0.05, 0) is 26.8 Å². The molecule has 0 aromatic heterocycles. The number of carbonyl (C=O) groups is 1. The third kappa shape index (κ3) is 4.37. The summed E-state index contributed by atoms with van der Waals surface area (Å²) in [4.78, 5) is 11.2. The van der Waals surface area contributed by atoms with Crippen LogP contribution in [-0.2, 0) is 9.53 Å². The summed E-state index contributed by atoms with van der Waals surface area (Å²) in [6.07, 6.45) is 0.338. The van der Waals surface area contributed by atoms with Crippen molar-refractivity contribution in [2.75, 3.05) is 13.2 Å². The standard InChI is InChI=1S/C14H21NO3/c1-4-18-14(17)7-8-15-11(3)12-9-10(2)5-6-13(12)16/h5-6,9,11,15-16H,4,7-8H2,1-3H3. The average molecular weight is 251 g/mol. The average Bonchev–Trinajstić information content (AvgIpc) is 2.32. The van der Waals surface area contributed by atoms with Gasteiger partial charge in [0.15, 0.2) is 0 Å². The lowest BCUT2D eigenvalue weighted by atomic mass is 10.0. The van der Waals surface area contributed by atoms with Crippen molar-refractivity contribution in [2.45, 2.75) is 33.2 Å². The molecule has 1 rings (SSSR count). The van der Waals surface area contributed by atoms with Crippen LogP contribution < -0.4 is 5.32 Å². The van der Waals surface area contributed by atoms with Crippen LogP contribution in [-0.4, -0.2) is 24.2 Å². The van der Waals surface area contributed by atoms with Crippen LogP contribution in [0.25, 0.3) is 0 Å². The molecule has 0 aliphatic rings. The van der Waals surface area contributed by atoms with Crippen molar-refractivity contribution in [3.63, 3.8) is 0 Å². The highest BCUT2D eigenvalue weighted by Gasteiger charge is 2.10. The van der Waals surface area contributed by atoms with Crippen molar-refractivity contribution in [3.8, 4) is 5.75 Å². The maximum absolute atomic E-state index is 11.2. The number of hydrogen-bond acceptors (Lipinski definition) is 4. The maximum Gasteiger partial charge on any atom is 0.307 e. The Balaban J connectivity index is 2.47. The highest BCUT2D eigenvalue weighted by atomic mass is 16.5. The molecule has 0 heterocycles. The predicted molar refractivity (Wildman–Crippen MR) is 70.5 cm³/mol. The first-order chi connectivity index (χ1) is 8.54. The molecule has 2 N–H and O–H groups in total. The Bertz CT molecular complexity index is 404. The third-order valence-corrected chi connectivity index (χ3v) is 2.73. The van der Waals surface area contributed by atoms with Gasteiger partial charge in [0.2, 0.25) is 0 Å². The number of aromatic hydroxyl groups is 1. The van der Waals surface area contributed by atoms with Gasteiger partial charge in [0.05, 0.1) is 13.0 Å². The molecule has 18 heavy (non-hydrogen) atoms. The Morgan fingerprint density at radius 1 is 1.50 bits per heavy atom. The molecule has 1 atom stereocenters. The fourth-order valence-electron chi connectivity index (χ4n) is 1.75. The van der Waals surface area contributed by atoms with Crippen LogP contribution >= 0.6 is 0 Å². The van der Waals surface area contributed by atoms with Crippen molar-refractivity contribution in [3.05, 3.63) is 29.3 Å². The Morgan fingerprint density at radius 3 is 2.89 bits per heavy atom. The molecule has 4 nitrogen and oxygen atoms in total. The van der Waals surface area contributed by atoms with Gasteiger partial charge in [0.25, 0.3) is 0 Å². The minimum atomic E-state index is -0.203. The van der Waals surface area contributed by atoms with Crippen LogP contribution in [0.5, 0.6) is 5.75 Å². The fraction of sp³-hybridized carbons (Fsp3) is 0.500. The molecule has 0 radical (unpaired) electrons. The van der Waals surface area contributed by atoms with Crippen molar-refractivity contribution in [1.82, 2.24) is 5.32 Å². The number of aryl methyl sites for hydroxylation is 1. The molecule has 1 aromatic carbocycles. The molecule has 100 valence electrons. The first-order valence-electron chi connectivity index (χ1n) is 6.23. The summed E-state index contributed by atoms with van der Waals surface area (Å²) in [6.45, 7) is 6.67. The molecule has 0 bridgehead atoms. The van der Waals surface area contributed by atoms with Gasteiger partial charge in [-0.25, -0.2) is 0 Å². The summed E-state index contributed by atoms with van der Waals surface area (Å²) in [5.74, 6) is 0.0717. The molecule has 1 aromatic rings. The largest absolute Gasteiger partial charge is 0.508 e. The Labute approximate surface area is 108 Å². The maximum atomic E-state index is 11.2. The molecule has 0 aliphatic heterocycles. The van der Waals surface area contributed by atoms with Gasteiger partial charge < -0.3 is 15.2 Å². The molecule has 0 spiro atoms. The van der Waals surface area contributed by atoms with Gasteiger partial charge in [-0.15, -0.1) is 0 Å². The number of esters is 1. The van der Waals surface area contributed by atoms with Crippen LogP contribution in [0.15, 0.2) is 18.2 Å². The van der Waals surface area contributed by atoms with Gasteiger partial charge in [-0.2, -0.15) is 0 Å². The summed E-state index contributed by atoms with van der Waals surface area (Å²) < 4.78 is 4.84. The summed E-state index contributed by atoms with van der Waals surface area (Å²) in [7, 11) is 0. The monoisotopic (exact) mass is 251 g/mol. The van der Waals surface area contributed by atoms with Crippen molar-refractivity contribution in [2.24, 2.45) is 0 Å². The van der Waals surface area contributed by atoms with E-state index in [0.717, 1.165) is 11.1 Å². The highest BCUT2D eigenvalue weighted by molar-refractivity contribution is 5.69. The van der Waals surface area contributed by atoms with Crippen LogP contribution in [0, 0.1) is 6.92 Å². The van der Waals surface area contributed by atoms with Crippen molar-refractivity contribution >= 4 is 5.97 Å². The lowest BCUT2D eigenvalue weighted by Crippen LogP contribution is -2.22. The van der Waals surface area contributed by atoms with E-state index in [0.29, 0.717) is 19.6 Å². The first-order valence-corrected chi connectivity index (χ1v) is 6.23. The van der Waals surface area contributed by atoms with E-state index in [2.05, 4.69) is 5.32 Å². The van der Waals surface area contributed by atoms with Crippen LogP contribution in [0.4, 0.5) is 0 Å². The van der Waals surface area contributed by atoms with Gasteiger partial charge in [0.1, 0.15) is 5.75 Å². The lowest BCUT2D eigenvalue weighted by Gasteiger charge is -2.16. The molecule has 0 saturated carbocycles. The molecule has 0 saturated heterocycles. The van der Waals surface area contributed by atoms with Crippen molar-refractivity contribution < 1.29 is 14.6 Å². The zero-order valence-electron chi connectivity index (χ0n) is 11.2. The molecule has 1 unspecified atom stereocenters. The molecule has 0 aliphatic carbocycles. The van der Waals surface area contributed by atoms with E-state index >= 15 is 0 Å². The van der Waals surface area contributed by atoms with Gasteiger partial charge in [-0.3, -0.25) is 4.79 Å². The third-order valence-electron chi connectivity index (χ3n) is 2.73. The quantitative estimate of drug-likeness (QED) is 0.762. The number of phenolic OH excluding ortho intramolecular Hbond substituents is 1. The summed E-state index contributed by atoms with van der Waals surface area (Å²) in [5, 5.41) is 13.0. The van der Waals surface area contributed by atoms with Crippen LogP contribution in [0.3, 0.4) is 0 Å². The molecular formula is C14H21NO3. The Kier molecular flexibility index (Phi) is 5.65. The van der Waals surface area contributed by atoms with E-state index in [1.54, 1.807) is 13.0 Å². The Morgan fingerprint density at radius 2 is 2.22 bits per heavy atom. The normalized spacial score (nSPS) is 12.2. The van der Waals surface area contributed by atoms with Crippen LogP contribution in [0.2, 0.25) is 0 Å². The second kappa shape index (κ2) is 7.01. The van der Waals surface area contributed by atoms with Crippen LogP contribution in [0.1, 0.15) is 37.4 Å². The number of rotatable bonds is 6. The van der Waals surface area contributed by atoms with Gasteiger partial charge in [0, 0.05) is 18.2 Å². The topological polar surface area (TPSA) is 58.6 Å². The van der Waals surface area contributed by atoms with Crippen molar-refractivity contribution in [1.29, 1.82) is 0 Å². The number of benzene rings is 1. The minimum Gasteiger partial charge on any atom is -0.508 e. The van der Waals surface area contributed by atoms with Gasteiger partial charge >= 0.3 is 5.97 Å². The zero-order valence-corrected chi connectivity index (χ0v) is 11.2. The first kappa shape index (κ1) is 14.5. The van der Waals surface area contributed by atoms with E-state index in [4.69, 9.17) is 4.74 Å². The second-order valence-electron chi connectivity index (χ2n) is 4.29. The number of nitrogens with one attached hydrogen (secondary N) is 1. The number of phenols is 1. The van der Waals surface area contributed by atoms with E-state index in [1.165, 1.54) is 0 Å². The Hall–Kier alpha value is -1.55. The summed E-state index contributed by atoms with van der Waals surface area (Å²) >= 11 is 0. The molecule has 0 fully saturated rings. The smallest absolute Gasteiger partial charge is 0.307 e. The minimum absolute atomic E-state index is 0.000624. The summed E-state index contributed by atoms with van der Waals surface area (Å²) in [5.41, 5.74) is 1.95. The zero-order chi connectivity index (χ0) is 13.5. The molecule has 4 heteroatoms. The number of hydrogen-bond donors (Lipinski definition) is 2.